The maximum Gasteiger partial charge on any atom is 0.376 e. The Morgan fingerprint density at radius 3 is 2.35 bits per heavy atom. The van der Waals surface area contributed by atoms with Gasteiger partial charge in [0.05, 0.1) is 11.1 Å². The number of halogens is 1. The molecule has 0 unspecified atom stereocenters. The van der Waals surface area contributed by atoms with Crippen LogP contribution in [0.25, 0.3) is 5.76 Å². The smallest absolute Gasteiger partial charge is 0.376 e. The quantitative estimate of drug-likeness (QED) is 0.453. The number of carboxylic acid groups (broad SMARTS) is 1. The second kappa shape index (κ2) is 6.18. The Hall–Kier alpha value is -2.72. The van der Waals surface area contributed by atoms with E-state index in [-0.39, 0.29) is 10.6 Å². The van der Waals surface area contributed by atoms with E-state index in [9.17, 15) is 23.1 Å². The van der Waals surface area contributed by atoms with Crippen LogP contribution in [0.15, 0.2) is 41.4 Å². The van der Waals surface area contributed by atoms with E-state index in [0.29, 0.717) is 15.3 Å². The number of aliphatic hydroxyl groups is 1. The topological polar surface area (TPSA) is 139 Å². The number of aliphatic hydroxyl groups excluding tert-OH is 1. The third-order valence-corrected chi connectivity index (χ3v) is 4.27. The Kier molecular flexibility index (Phi) is 4.48. The van der Waals surface area contributed by atoms with Crippen LogP contribution in [0.3, 0.4) is 0 Å². The molecule has 0 aliphatic carbocycles. The van der Waals surface area contributed by atoms with Gasteiger partial charge in [-0.25, -0.2) is 4.79 Å². The molecule has 120 valence electrons. The molecule has 1 heterocycles. The van der Waals surface area contributed by atoms with Crippen LogP contribution in [-0.4, -0.2) is 44.8 Å². The molecule has 0 radical (unpaired) electrons. The summed E-state index contributed by atoms with van der Waals surface area (Å²) in [4.78, 5) is 21.2. The van der Waals surface area contributed by atoms with Crippen LogP contribution in [-0.2, 0) is 19.6 Å². The molecule has 0 atom stereocenters. The van der Waals surface area contributed by atoms with E-state index in [1.165, 1.54) is 24.3 Å². The minimum atomic E-state index is -4.12. The lowest BCUT2D eigenvalue weighted by Crippen LogP contribution is -2.16. The summed E-state index contributed by atoms with van der Waals surface area (Å²) in [5, 5.41) is 25.3. The lowest BCUT2D eigenvalue weighted by atomic mass is 10.3. The van der Waals surface area contributed by atoms with E-state index in [1.54, 1.807) is 0 Å². The van der Waals surface area contributed by atoms with Crippen LogP contribution in [0.1, 0.15) is 5.69 Å². The lowest BCUT2D eigenvalue weighted by molar-refractivity contribution is -0.146. The molecule has 0 amide bonds. The molecule has 0 aliphatic rings. The average molecular weight is 358 g/mol. The van der Waals surface area contributed by atoms with Crippen molar-refractivity contribution in [3.8, 4) is 0 Å². The zero-order chi connectivity index (χ0) is 17.2. The number of ketones is 1. The Bertz CT molecular complexity index is 901. The van der Waals surface area contributed by atoms with Gasteiger partial charge in [-0.2, -0.15) is 8.42 Å². The highest BCUT2D eigenvalue weighted by Crippen LogP contribution is 2.16. The molecule has 0 spiro atoms. The van der Waals surface area contributed by atoms with Gasteiger partial charge in [0.1, 0.15) is 11.5 Å². The predicted octanol–water partition coefficient (Wildman–Crippen LogP) is 0.721. The highest BCUT2D eigenvalue weighted by atomic mass is 35.5. The molecule has 23 heavy (non-hydrogen) atoms. The van der Waals surface area contributed by atoms with E-state index in [2.05, 4.69) is 10.2 Å². The highest BCUT2D eigenvalue weighted by molar-refractivity contribution is 7.89. The highest BCUT2D eigenvalue weighted by Gasteiger charge is 2.21. The minimum Gasteiger partial charge on any atom is -0.505 e. The van der Waals surface area contributed by atoms with Crippen molar-refractivity contribution >= 4 is 39.1 Å². The number of benzene rings is 1. The number of carboxylic acids is 1. The van der Waals surface area contributed by atoms with Gasteiger partial charge >= 0.3 is 5.97 Å². The number of aromatic nitrogens is 3. The number of carbonyl (C=O) groups excluding carboxylic acids is 1. The zero-order valence-electron chi connectivity index (χ0n) is 11.1. The minimum absolute atomic E-state index is 0.144. The van der Waals surface area contributed by atoms with Crippen LogP contribution in [0, 0.1) is 0 Å². The fourth-order valence-electron chi connectivity index (χ4n) is 1.44. The molecule has 1 aromatic heterocycles. The third kappa shape index (κ3) is 3.55. The fraction of sp³-hybridized carbons (Fsp3) is 0. The molecule has 0 fully saturated rings. The molecule has 0 saturated heterocycles. The van der Waals surface area contributed by atoms with E-state index >= 15 is 0 Å². The molecule has 2 aromatic rings. The second-order valence-electron chi connectivity index (χ2n) is 4.11. The monoisotopic (exact) mass is 357 g/mol. The van der Waals surface area contributed by atoms with Crippen LogP contribution in [0.2, 0.25) is 5.02 Å². The summed E-state index contributed by atoms with van der Waals surface area (Å²) in [7, 11) is -4.12. The van der Waals surface area contributed by atoms with Crippen molar-refractivity contribution in [2.45, 2.75) is 4.90 Å². The van der Waals surface area contributed by atoms with Crippen molar-refractivity contribution in [3.63, 3.8) is 0 Å². The number of aliphatic carboxylic acids is 1. The maximum absolute atomic E-state index is 12.2. The summed E-state index contributed by atoms with van der Waals surface area (Å²) >= 11 is 5.67. The van der Waals surface area contributed by atoms with Gasteiger partial charge in [-0.15, -0.1) is 10.2 Å². The summed E-state index contributed by atoms with van der Waals surface area (Å²) < 4.78 is 24.8. The standard InChI is InChI=1S/C12H8ClN3O6S/c13-7-1-3-8(4-2-7)23(21,22)16-14-6-9(15-16)10(17)5-11(18)12(19)20/h1-6,17H,(H,19,20). The van der Waals surface area contributed by atoms with Gasteiger partial charge in [0.25, 0.3) is 15.8 Å². The van der Waals surface area contributed by atoms with Crippen molar-refractivity contribution in [2.24, 2.45) is 0 Å². The van der Waals surface area contributed by atoms with Crippen LogP contribution in [0.5, 0.6) is 0 Å². The summed E-state index contributed by atoms with van der Waals surface area (Å²) in [6.07, 6.45) is 1.26. The molecule has 11 heteroatoms. The predicted molar refractivity (Wildman–Crippen MR) is 77.3 cm³/mol. The van der Waals surface area contributed by atoms with Gasteiger partial charge in [0, 0.05) is 11.1 Å². The molecule has 9 nitrogen and oxygen atoms in total. The van der Waals surface area contributed by atoms with Gasteiger partial charge in [-0.05, 0) is 24.3 Å². The summed E-state index contributed by atoms with van der Waals surface area (Å²) in [6.45, 7) is 0. The first-order valence-electron chi connectivity index (χ1n) is 5.83. The fourth-order valence-corrected chi connectivity index (χ4v) is 2.60. The van der Waals surface area contributed by atoms with Crippen LogP contribution >= 0.6 is 11.6 Å². The summed E-state index contributed by atoms with van der Waals surface area (Å²) in [5.74, 6) is -4.00. The summed E-state index contributed by atoms with van der Waals surface area (Å²) in [6, 6.07) is 5.21. The van der Waals surface area contributed by atoms with Crippen molar-refractivity contribution in [1.82, 2.24) is 14.4 Å². The number of nitrogens with zero attached hydrogens (tertiary/aromatic N) is 3. The normalized spacial score (nSPS) is 12.1. The molecular formula is C12H8ClN3O6S. The molecule has 0 aliphatic heterocycles. The molecule has 2 N–H and O–H groups in total. The lowest BCUT2D eigenvalue weighted by Gasteiger charge is -2.02. The van der Waals surface area contributed by atoms with E-state index in [4.69, 9.17) is 16.7 Å². The molecular weight excluding hydrogens is 350 g/mol. The van der Waals surface area contributed by atoms with Crippen molar-refractivity contribution < 1.29 is 28.2 Å². The largest absolute Gasteiger partial charge is 0.505 e. The Morgan fingerprint density at radius 1 is 1.17 bits per heavy atom. The second-order valence-corrected chi connectivity index (χ2v) is 6.30. The Morgan fingerprint density at radius 2 is 1.78 bits per heavy atom. The molecule has 1 aromatic carbocycles. The van der Waals surface area contributed by atoms with Crippen molar-refractivity contribution in [1.29, 1.82) is 0 Å². The SMILES string of the molecule is O=C(O)C(=O)C=C(O)c1cnn(S(=O)(=O)c2ccc(Cl)cc2)n1. The van der Waals surface area contributed by atoms with Crippen LogP contribution < -0.4 is 0 Å². The number of rotatable bonds is 5. The first-order chi connectivity index (χ1) is 10.7. The van der Waals surface area contributed by atoms with Gasteiger partial charge in [-0.1, -0.05) is 15.8 Å². The average Bonchev–Trinajstić information content (AvgIpc) is 2.98. The van der Waals surface area contributed by atoms with Gasteiger partial charge in [0.2, 0.25) is 0 Å². The number of hydrogen-bond donors (Lipinski definition) is 2. The van der Waals surface area contributed by atoms with E-state index in [1.807, 2.05) is 0 Å². The Balaban J connectivity index is 2.37. The van der Waals surface area contributed by atoms with Crippen molar-refractivity contribution in [2.75, 3.05) is 0 Å². The van der Waals surface area contributed by atoms with Gasteiger partial charge in [0.15, 0.2) is 0 Å². The maximum atomic E-state index is 12.2. The van der Waals surface area contributed by atoms with E-state index < -0.39 is 27.5 Å². The zero-order valence-corrected chi connectivity index (χ0v) is 12.7. The third-order valence-electron chi connectivity index (χ3n) is 2.54. The molecule has 2 rings (SSSR count). The number of carbonyl (C=O) groups is 2. The first kappa shape index (κ1) is 16.6. The molecule has 0 saturated carbocycles. The summed E-state index contributed by atoms with van der Waals surface area (Å²) in [5.41, 5.74) is -0.378. The molecule has 0 bridgehead atoms. The van der Waals surface area contributed by atoms with Gasteiger partial charge in [-0.3, -0.25) is 4.79 Å². The number of hydrogen-bond acceptors (Lipinski definition) is 7. The van der Waals surface area contributed by atoms with Crippen molar-refractivity contribution in [3.05, 3.63) is 47.3 Å². The van der Waals surface area contributed by atoms with E-state index in [0.717, 1.165) is 6.20 Å². The van der Waals surface area contributed by atoms with Gasteiger partial charge < -0.3 is 10.2 Å². The Labute approximate surface area is 134 Å². The first-order valence-corrected chi connectivity index (χ1v) is 7.65. The van der Waals surface area contributed by atoms with Crippen LogP contribution in [0.4, 0.5) is 0 Å².